The normalized spacial score (nSPS) is 11.3. The third kappa shape index (κ3) is 5.91. The monoisotopic (exact) mass is 502 g/mol. The maximum atomic E-state index is 13.2. The number of anilines is 1. The lowest BCUT2D eigenvalue weighted by Crippen LogP contribution is -2.23. The molecule has 9 nitrogen and oxygen atoms in total. The van der Waals surface area contributed by atoms with Crippen molar-refractivity contribution in [1.29, 1.82) is 0 Å². The van der Waals surface area contributed by atoms with E-state index in [0.29, 0.717) is 28.6 Å². The number of aromatic nitrogens is 1. The van der Waals surface area contributed by atoms with Crippen molar-refractivity contribution < 1.29 is 19.2 Å². The summed E-state index contributed by atoms with van der Waals surface area (Å²) in [6, 6.07) is 18.8. The van der Waals surface area contributed by atoms with E-state index in [-0.39, 0.29) is 5.69 Å². The van der Waals surface area contributed by atoms with Crippen LogP contribution in [-0.2, 0) is 4.79 Å². The number of methoxy groups -OCH3 is 1. The smallest absolute Gasteiger partial charge is 0.273 e. The Hall–Kier alpha value is -4.57. The Morgan fingerprint density at radius 3 is 2.61 bits per heavy atom. The van der Waals surface area contributed by atoms with Crippen LogP contribution in [0.5, 0.6) is 11.5 Å². The molecule has 0 aliphatic heterocycles. The van der Waals surface area contributed by atoms with Gasteiger partial charge in [0.05, 0.1) is 35.1 Å². The number of hydrazone groups is 1. The minimum atomic E-state index is -0.484. The number of nitro benzene ring substituents is 1. The van der Waals surface area contributed by atoms with E-state index in [4.69, 9.17) is 9.47 Å². The highest BCUT2D eigenvalue weighted by Gasteiger charge is 2.18. The zero-order valence-electron chi connectivity index (χ0n) is 19.5. The number of rotatable bonds is 9. The van der Waals surface area contributed by atoms with Crippen LogP contribution in [0.15, 0.2) is 77.9 Å². The summed E-state index contributed by atoms with van der Waals surface area (Å²) in [6.45, 7) is 2.47. The predicted molar refractivity (Wildman–Crippen MR) is 141 cm³/mol. The second-order valence-corrected chi connectivity index (χ2v) is 8.42. The highest BCUT2D eigenvalue weighted by atomic mass is 32.1. The molecule has 0 bridgehead atoms. The molecular weight excluding hydrogens is 480 g/mol. The number of thiazole rings is 1. The summed E-state index contributed by atoms with van der Waals surface area (Å²) in [6.07, 6.45) is 4.37. The van der Waals surface area contributed by atoms with Crippen molar-refractivity contribution in [3.63, 3.8) is 0 Å². The van der Waals surface area contributed by atoms with Crippen molar-refractivity contribution in [3.05, 3.63) is 94.0 Å². The van der Waals surface area contributed by atoms with Crippen molar-refractivity contribution >= 4 is 50.6 Å². The molecule has 0 aliphatic carbocycles. The molecule has 0 unspecified atom stereocenters. The Morgan fingerprint density at radius 2 is 1.89 bits per heavy atom. The molecular formula is C26H22N4O5S. The summed E-state index contributed by atoms with van der Waals surface area (Å²) in [5, 5.41) is 17.0. The van der Waals surface area contributed by atoms with Gasteiger partial charge in [0.1, 0.15) is 11.5 Å². The fourth-order valence-electron chi connectivity index (χ4n) is 3.23. The number of amides is 1. The van der Waals surface area contributed by atoms with Crippen LogP contribution in [0.1, 0.15) is 18.1 Å². The van der Waals surface area contributed by atoms with E-state index in [2.05, 4.69) is 10.1 Å². The van der Waals surface area contributed by atoms with E-state index in [1.54, 1.807) is 31.5 Å². The van der Waals surface area contributed by atoms with Crippen molar-refractivity contribution in [2.75, 3.05) is 18.7 Å². The minimum Gasteiger partial charge on any atom is -0.497 e. The average molecular weight is 503 g/mol. The molecule has 0 saturated carbocycles. The lowest BCUT2D eigenvalue weighted by molar-refractivity contribution is -0.384. The number of hydrogen-bond donors (Lipinski definition) is 0. The Kier molecular flexibility index (Phi) is 7.66. The maximum absolute atomic E-state index is 13.2. The topological polar surface area (TPSA) is 107 Å². The first-order chi connectivity index (χ1) is 17.5. The number of benzene rings is 3. The molecule has 0 saturated heterocycles. The molecule has 0 spiro atoms. The van der Waals surface area contributed by atoms with Crippen molar-refractivity contribution in [1.82, 2.24) is 4.98 Å². The molecule has 0 N–H and O–H groups in total. The SMILES string of the molecule is CCOc1ccc(/C=N/N(C(=O)/C=C/c2cccc([N+](=O)[O-])c2)c2nc3ccc(OC)cc3s2)cc1. The molecule has 0 aliphatic rings. The first kappa shape index (κ1) is 24.6. The van der Waals surface area contributed by atoms with Crippen LogP contribution < -0.4 is 14.5 Å². The predicted octanol–water partition coefficient (Wildman–Crippen LogP) is 5.69. The summed E-state index contributed by atoms with van der Waals surface area (Å²) in [7, 11) is 1.58. The minimum absolute atomic E-state index is 0.0601. The quantitative estimate of drug-likeness (QED) is 0.126. The van der Waals surface area contributed by atoms with Crippen LogP contribution in [0.2, 0.25) is 0 Å². The molecule has 3 aromatic carbocycles. The van der Waals surface area contributed by atoms with Crippen LogP contribution >= 0.6 is 11.3 Å². The lowest BCUT2D eigenvalue weighted by atomic mass is 10.2. The van der Waals surface area contributed by atoms with Gasteiger partial charge in [0.15, 0.2) is 0 Å². The number of fused-ring (bicyclic) bond motifs is 1. The Labute approximate surface area is 211 Å². The Bertz CT molecular complexity index is 1450. The zero-order valence-corrected chi connectivity index (χ0v) is 20.3. The molecule has 36 heavy (non-hydrogen) atoms. The number of ether oxygens (including phenoxy) is 2. The van der Waals surface area contributed by atoms with Gasteiger partial charge >= 0.3 is 0 Å². The van der Waals surface area contributed by atoms with Crippen LogP contribution in [-0.4, -0.2) is 35.7 Å². The number of nitro groups is 1. The second-order valence-electron chi connectivity index (χ2n) is 7.41. The molecule has 10 heteroatoms. The second kappa shape index (κ2) is 11.2. The molecule has 0 fully saturated rings. The summed E-state index contributed by atoms with van der Waals surface area (Å²) in [5.41, 5.74) is 1.92. The summed E-state index contributed by atoms with van der Waals surface area (Å²) in [5.74, 6) is 0.955. The summed E-state index contributed by atoms with van der Waals surface area (Å²) < 4.78 is 11.6. The lowest BCUT2D eigenvalue weighted by Gasteiger charge is -2.11. The number of non-ortho nitro benzene ring substituents is 1. The standard InChI is InChI=1S/C26H22N4O5S/c1-3-35-21-10-7-19(8-11-21)17-27-29(26-28-23-13-12-22(34-2)16-24(23)36-26)25(31)14-9-18-5-4-6-20(15-18)30(32)33/h4-17H,3H2,1-2H3/b14-9+,27-17+. The van der Waals surface area contributed by atoms with E-state index in [1.807, 2.05) is 43.3 Å². The molecule has 1 aromatic heterocycles. The van der Waals surface area contributed by atoms with Gasteiger partial charge in [0, 0.05) is 18.2 Å². The van der Waals surface area contributed by atoms with Gasteiger partial charge in [-0.1, -0.05) is 23.5 Å². The van der Waals surface area contributed by atoms with Gasteiger partial charge in [-0.3, -0.25) is 14.9 Å². The third-order valence-electron chi connectivity index (χ3n) is 4.99. The van der Waals surface area contributed by atoms with Gasteiger partial charge in [-0.05, 0) is 66.6 Å². The van der Waals surface area contributed by atoms with Gasteiger partial charge in [0.2, 0.25) is 5.13 Å². The van der Waals surface area contributed by atoms with E-state index in [9.17, 15) is 14.9 Å². The van der Waals surface area contributed by atoms with Gasteiger partial charge in [-0.15, -0.1) is 0 Å². The van der Waals surface area contributed by atoms with E-state index < -0.39 is 10.8 Å². The summed E-state index contributed by atoms with van der Waals surface area (Å²) in [4.78, 5) is 28.3. The van der Waals surface area contributed by atoms with Gasteiger partial charge in [-0.25, -0.2) is 4.98 Å². The molecule has 0 radical (unpaired) electrons. The molecule has 1 amide bonds. The fourth-order valence-corrected chi connectivity index (χ4v) is 4.19. The van der Waals surface area contributed by atoms with Crippen LogP contribution in [0.4, 0.5) is 10.8 Å². The molecule has 0 atom stereocenters. The number of nitrogens with zero attached hydrogens (tertiary/aromatic N) is 4. The van der Waals surface area contributed by atoms with Crippen LogP contribution in [0.3, 0.4) is 0 Å². The van der Waals surface area contributed by atoms with Crippen molar-refractivity contribution in [3.8, 4) is 11.5 Å². The van der Waals surface area contributed by atoms with Gasteiger partial charge < -0.3 is 9.47 Å². The molecule has 182 valence electrons. The first-order valence-corrected chi connectivity index (χ1v) is 11.8. The summed E-state index contributed by atoms with van der Waals surface area (Å²) >= 11 is 1.29. The number of hydrogen-bond acceptors (Lipinski definition) is 8. The van der Waals surface area contributed by atoms with E-state index >= 15 is 0 Å². The number of carbonyl (C=O) groups excluding carboxylic acids is 1. The Morgan fingerprint density at radius 1 is 1.11 bits per heavy atom. The van der Waals surface area contributed by atoms with Gasteiger partial charge in [0.25, 0.3) is 11.6 Å². The third-order valence-corrected chi connectivity index (χ3v) is 5.98. The average Bonchev–Trinajstić information content (AvgIpc) is 3.31. The number of carbonyl (C=O) groups is 1. The first-order valence-electron chi connectivity index (χ1n) is 10.9. The highest BCUT2D eigenvalue weighted by Crippen LogP contribution is 2.32. The van der Waals surface area contributed by atoms with Gasteiger partial charge in [-0.2, -0.15) is 10.1 Å². The zero-order chi connectivity index (χ0) is 25.5. The van der Waals surface area contributed by atoms with Crippen LogP contribution in [0, 0.1) is 10.1 Å². The Balaban J connectivity index is 1.66. The molecule has 4 rings (SSSR count). The van der Waals surface area contributed by atoms with Crippen molar-refractivity contribution in [2.45, 2.75) is 6.92 Å². The highest BCUT2D eigenvalue weighted by molar-refractivity contribution is 7.22. The van der Waals surface area contributed by atoms with Crippen LogP contribution in [0.25, 0.3) is 16.3 Å². The van der Waals surface area contributed by atoms with Crippen molar-refractivity contribution in [2.24, 2.45) is 5.10 Å². The largest absolute Gasteiger partial charge is 0.497 e. The molecule has 1 heterocycles. The van der Waals surface area contributed by atoms with E-state index in [1.165, 1.54) is 40.6 Å². The molecule has 4 aromatic rings. The van der Waals surface area contributed by atoms with E-state index in [0.717, 1.165) is 16.0 Å². The maximum Gasteiger partial charge on any atom is 0.273 e. The fraction of sp³-hybridized carbons (Fsp3) is 0.115.